The molecule has 0 radical (unpaired) electrons. The molecule has 124 valence electrons. The van der Waals surface area contributed by atoms with Gasteiger partial charge in [0, 0.05) is 11.9 Å². The Morgan fingerprint density at radius 1 is 1.35 bits per heavy atom. The first kappa shape index (κ1) is 17.1. The molecule has 0 bridgehead atoms. The smallest absolute Gasteiger partial charge is 0.350 e. The second-order valence-electron chi connectivity index (χ2n) is 5.12. The minimum atomic E-state index is -1.24. The molecule has 0 aliphatic heterocycles. The van der Waals surface area contributed by atoms with Crippen molar-refractivity contribution in [2.24, 2.45) is 11.8 Å². The van der Waals surface area contributed by atoms with Gasteiger partial charge in [0.05, 0.1) is 18.2 Å². The molecule has 1 heterocycles. The Hall–Kier alpha value is -2.22. The summed E-state index contributed by atoms with van der Waals surface area (Å²) in [5.74, 6) is -3.73. The number of nitrogens with zero attached hydrogens (tertiary/aromatic N) is 1. The standard InChI is InChI=1S/C15H18N2O5S/c1-3-22-14(21)11-8(2)16-15(23-11)17-12(18)9-6-4-5-7-10(9)13(19)20/h4-5,9-10H,3,6-7H2,1-2H3,(H,19,20)(H,16,17,18)/p-1/t9-,10+/m0/s1. The third-order valence-corrected chi connectivity index (χ3v) is 4.61. The number of carboxylic acids is 1. The van der Waals surface area contributed by atoms with Crippen molar-refractivity contribution in [2.45, 2.75) is 26.7 Å². The van der Waals surface area contributed by atoms with Crippen LogP contribution in [0.3, 0.4) is 0 Å². The highest BCUT2D eigenvalue weighted by atomic mass is 32.1. The number of allylic oxidation sites excluding steroid dienone is 2. The number of hydrogen-bond acceptors (Lipinski definition) is 7. The molecule has 1 aliphatic rings. The van der Waals surface area contributed by atoms with E-state index in [4.69, 9.17) is 4.74 Å². The van der Waals surface area contributed by atoms with Gasteiger partial charge in [-0.2, -0.15) is 0 Å². The van der Waals surface area contributed by atoms with Gasteiger partial charge in [-0.3, -0.25) is 4.79 Å². The number of amides is 1. The largest absolute Gasteiger partial charge is 0.550 e. The van der Waals surface area contributed by atoms with Crippen molar-refractivity contribution < 1.29 is 24.2 Å². The molecule has 0 saturated carbocycles. The minimum absolute atomic E-state index is 0.250. The van der Waals surface area contributed by atoms with Gasteiger partial charge in [0.2, 0.25) is 5.91 Å². The van der Waals surface area contributed by atoms with Crippen molar-refractivity contribution in [3.63, 3.8) is 0 Å². The molecule has 2 atom stereocenters. The zero-order valence-electron chi connectivity index (χ0n) is 12.8. The third kappa shape index (κ3) is 3.95. The summed E-state index contributed by atoms with van der Waals surface area (Å²) in [5.41, 5.74) is 0.462. The fourth-order valence-electron chi connectivity index (χ4n) is 2.40. The summed E-state index contributed by atoms with van der Waals surface area (Å²) in [5, 5.41) is 14.0. The first-order valence-corrected chi connectivity index (χ1v) is 8.07. The predicted octanol–water partition coefficient (Wildman–Crippen LogP) is 0.899. The Bertz CT molecular complexity index is 652. The number of thiazole rings is 1. The van der Waals surface area contributed by atoms with Crippen LogP contribution in [0, 0.1) is 18.8 Å². The van der Waals surface area contributed by atoms with Crippen LogP contribution in [-0.4, -0.2) is 29.4 Å². The van der Waals surface area contributed by atoms with Crippen LogP contribution in [0.4, 0.5) is 5.13 Å². The van der Waals surface area contributed by atoms with Crippen LogP contribution in [0.15, 0.2) is 12.2 Å². The van der Waals surface area contributed by atoms with E-state index in [1.54, 1.807) is 26.0 Å². The Morgan fingerprint density at radius 2 is 2.00 bits per heavy atom. The summed E-state index contributed by atoms with van der Waals surface area (Å²) in [6.45, 7) is 3.60. The van der Waals surface area contributed by atoms with Crippen molar-refractivity contribution in [3.05, 3.63) is 22.7 Å². The van der Waals surface area contributed by atoms with Crippen LogP contribution in [0.2, 0.25) is 0 Å². The maximum Gasteiger partial charge on any atom is 0.350 e. The van der Waals surface area contributed by atoms with Gasteiger partial charge in [-0.05, 0) is 26.7 Å². The number of aliphatic carboxylic acids is 1. The maximum atomic E-state index is 12.3. The number of carbonyl (C=O) groups is 3. The zero-order valence-corrected chi connectivity index (χ0v) is 13.6. The number of rotatable bonds is 5. The van der Waals surface area contributed by atoms with Crippen molar-refractivity contribution >= 4 is 34.3 Å². The summed E-state index contributed by atoms with van der Waals surface area (Å²) in [6, 6.07) is 0. The lowest BCUT2D eigenvalue weighted by molar-refractivity contribution is -0.313. The Balaban J connectivity index is 2.11. The van der Waals surface area contributed by atoms with Gasteiger partial charge in [-0.1, -0.05) is 23.5 Å². The molecule has 1 amide bonds. The highest BCUT2D eigenvalue weighted by Gasteiger charge is 2.30. The number of esters is 1. The van der Waals surface area contributed by atoms with Crippen molar-refractivity contribution in [1.82, 2.24) is 4.98 Å². The van der Waals surface area contributed by atoms with E-state index in [0.717, 1.165) is 11.3 Å². The van der Waals surface area contributed by atoms with Crippen LogP contribution < -0.4 is 10.4 Å². The predicted molar refractivity (Wildman–Crippen MR) is 81.8 cm³/mol. The van der Waals surface area contributed by atoms with E-state index in [1.807, 2.05) is 0 Å². The number of anilines is 1. The second kappa shape index (κ2) is 7.36. The molecular formula is C15H17N2O5S-. The molecule has 1 N–H and O–H groups in total. The summed E-state index contributed by atoms with van der Waals surface area (Å²) in [7, 11) is 0. The summed E-state index contributed by atoms with van der Waals surface area (Å²) >= 11 is 1.01. The van der Waals surface area contributed by atoms with Crippen molar-refractivity contribution in [3.8, 4) is 0 Å². The molecule has 1 aromatic heterocycles. The molecule has 2 rings (SSSR count). The number of nitrogens with one attached hydrogen (secondary N) is 1. The minimum Gasteiger partial charge on any atom is -0.550 e. The third-order valence-electron chi connectivity index (χ3n) is 3.56. The van der Waals surface area contributed by atoms with Gasteiger partial charge in [0.25, 0.3) is 0 Å². The van der Waals surface area contributed by atoms with Gasteiger partial charge in [-0.15, -0.1) is 0 Å². The zero-order chi connectivity index (χ0) is 17.0. The van der Waals surface area contributed by atoms with Gasteiger partial charge >= 0.3 is 5.97 Å². The van der Waals surface area contributed by atoms with E-state index in [9.17, 15) is 19.5 Å². The SMILES string of the molecule is CCOC(=O)c1sc(NC(=O)[C@H]2CC=CC[C@H]2C(=O)[O-])nc1C. The molecule has 8 heteroatoms. The molecule has 1 aliphatic carbocycles. The first-order chi connectivity index (χ1) is 10.9. The molecule has 0 unspecified atom stereocenters. The van der Waals surface area contributed by atoms with Gasteiger partial charge in [0.15, 0.2) is 5.13 Å². The van der Waals surface area contributed by atoms with E-state index in [2.05, 4.69) is 10.3 Å². The molecule has 0 saturated heterocycles. The Labute approximate surface area is 137 Å². The van der Waals surface area contributed by atoms with Crippen molar-refractivity contribution in [1.29, 1.82) is 0 Å². The molecule has 0 spiro atoms. The number of ether oxygens (including phenoxy) is 1. The van der Waals surface area contributed by atoms with Gasteiger partial charge in [0.1, 0.15) is 4.88 Å². The van der Waals surface area contributed by atoms with E-state index >= 15 is 0 Å². The molecule has 23 heavy (non-hydrogen) atoms. The lowest BCUT2D eigenvalue weighted by atomic mass is 9.82. The topological polar surface area (TPSA) is 108 Å². The fourth-order valence-corrected chi connectivity index (χ4v) is 3.26. The average molecular weight is 337 g/mol. The van der Waals surface area contributed by atoms with E-state index in [0.29, 0.717) is 17.0 Å². The van der Waals surface area contributed by atoms with Crippen LogP contribution in [-0.2, 0) is 14.3 Å². The van der Waals surface area contributed by atoms with Crippen LogP contribution in [0.1, 0.15) is 35.1 Å². The maximum absolute atomic E-state index is 12.3. The fraction of sp³-hybridized carbons (Fsp3) is 0.467. The van der Waals surface area contributed by atoms with Gasteiger partial charge < -0.3 is 20.0 Å². The highest BCUT2D eigenvalue weighted by molar-refractivity contribution is 7.17. The number of carbonyl (C=O) groups excluding carboxylic acids is 3. The molecule has 0 fully saturated rings. The van der Waals surface area contributed by atoms with Gasteiger partial charge in [-0.25, -0.2) is 9.78 Å². The molecule has 7 nitrogen and oxygen atoms in total. The molecular weight excluding hydrogens is 320 g/mol. The first-order valence-electron chi connectivity index (χ1n) is 7.25. The molecule has 1 aromatic rings. The lowest BCUT2D eigenvalue weighted by Gasteiger charge is -2.27. The van der Waals surface area contributed by atoms with Crippen LogP contribution in [0.5, 0.6) is 0 Å². The van der Waals surface area contributed by atoms with Crippen LogP contribution >= 0.6 is 11.3 Å². The van der Waals surface area contributed by atoms with E-state index in [1.165, 1.54) is 0 Å². The normalized spacial score (nSPS) is 20.1. The number of hydrogen-bond donors (Lipinski definition) is 1. The van der Waals surface area contributed by atoms with E-state index in [-0.39, 0.29) is 18.2 Å². The second-order valence-corrected chi connectivity index (χ2v) is 6.12. The highest BCUT2D eigenvalue weighted by Crippen LogP contribution is 2.28. The lowest BCUT2D eigenvalue weighted by Crippen LogP contribution is -2.41. The number of aromatic nitrogens is 1. The van der Waals surface area contributed by atoms with E-state index < -0.39 is 29.7 Å². The quantitative estimate of drug-likeness (QED) is 0.631. The van der Waals surface area contributed by atoms with Crippen LogP contribution in [0.25, 0.3) is 0 Å². The number of carboxylic acid groups (broad SMARTS) is 1. The average Bonchev–Trinajstić information content (AvgIpc) is 2.88. The Kier molecular flexibility index (Phi) is 5.49. The summed E-state index contributed by atoms with van der Waals surface area (Å²) < 4.78 is 4.92. The molecule has 0 aromatic carbocycles. The summed E-state index contributed by atoms with van der Waals surface area (Å²) in [6.07, 6.45) is 4.11. The van der Waals surface area contributed by atoms with Crippen molar-refractivity contribution in [2.75, 3.05) is 11.9 Å². The monoisotopic (exact) mass is 337 g/mol. The summed E-state index contributed by atoms with van der Waals surface area (Å²) in [4.78, 5) is 39.6. The number of aryl methyl sites for hydroxylation is 1. The Morgan fingerprint density at radius 3 is 2.61 bits per heavy atom.